The Labute approximate surface area is 156 Å². The molecule has 0 aliphatic carbocycles. The molecule has 0 spiro atoms. The summed E-state index contributed by atoms with van der Waals surface area (Å²) in [5.41, 5.74) is 2.89. The molecule has 7 heteroatoms. The van der Waals surface area contributed by atoms with Gasteiger partial charge in [-0.15, -0.1) is 0 Å². The van der Waals surface area contributed by atoms with Gasteiger partial charge in [-0.2, -0.15) is 11.3 Å². The maximum absolute atomic E-state index is 12.5. The Balaban J connectivity index is 1.56. The first-order chi connectivity index (χ1) is 12.6. The van der Waals surface area contributed by atoms with Crippen molar-refractivity contribution < 1.29 is 19.1 Å². The van der Waals surface area contributed by atoms with E-state index in [0.717, 1.165) is 12.0 Å². The van der Waals surface area contributed by atoms with E-state index >= 15 is 0 Å². The van der Waals surface area contributed by atoms with E-state index < -0.39 is 0 Å². The normalized spacial score (nSPS) is 13.1. The van der Waals surface area contributed by atoms with Gasteiger partial charge in [-0.05, 0) is 41.1 Å². The predicted octanol–water partition coefficient (Wildman–Crippen LogP) is 2.47. The Morgan fingerprint density at radius 2 is 1.92 bits per heavy atom. The van der Waals surface area contributed by atoms with Crippen molar-refractivity contribution in [3.63, 3.8) is 0 Å². The number of rotatable bonds is 6. The fourth-order valence-electron chi connectivity index (χ4n) is 3.03. The van der Waals surface area contributed by atoms with Crippen LogP contribution in [-0.2, 0) is 17.8 Å². The quantitative estimate of drug-likeness (QED) is 0.843. The van der Waals surface area contributed by atoms with Crippen LogP contribution in [0.4, 0.5) is 0 Å². The largest absolute Gasteiger partial charge is 0.493 e. The molecule has 1 aliphatic heterocycles. The number of carbonyl (C=O) groups excluding carboxylic acids is 2. The van der Waals surface area contributed by atoms with Gasteiger partial charge < -0.3 is 19.7 Å². The molecule has 2 aromatic rings. The van der Waals surface area contributed by atoms with E-state index in [1.54, 1.807) is 25.7 Å². The second kappa shape index (κ2) is 8.23. The highest BCUT2D eigenvalue weighted by molar-refractivity contribution is 7.08. The third kappa shape index (κ3) is 3.99. The first-order valence-corrected chi connectivity index (χ1v) is 9.38. The average Bonchev–Trinajstić information content (AvgIpc) is 3.21. The highest BCUT2D eigenvalue weighted by atomic mass is 32.1. The van der Waals surface area contributed by atoms with Crippen LogP contribution >= 0.6 is 11.3 Å². The molecular formula is C19H22N2O4S. The van der Waals surface area contributed by atoms with Crippen LogP contribution in [0.3, 0.4) is 0 Å². The molecule has 0 unspecified atom stereocenters. The molecule has 0 fully saturated rings. The van der Waals surface area contributed by atoms with Gasteiger partial charge in [0.25, 0.3) is 5.91 Å². The monoisotopic (exact) mass is 374 g/mol. The van der Waals surface area contributed by atoms with E-state index in [1.807, 2.05) is 22.4 Å². The summed E-state index contributed by atoms with van der Waals surface area (Å²) >= 11 is 1.47. The lowest BCUT2D eigenvalue weighted by molar-refractivity contribution is -0.131. The molecule has 1 aromatic carbocycles. The molecule has 0 saturated heterocycles. The number of thiophene rings is 1. The zero-order chi connectivity index (χ0) is 18.5. The van der Waals surface area contributed by atoms with E-state index in [0.29, 0.717) is 43.1 Å². The number of hydrogen-bond acceptors (Lipinski definition) is 5. The lowest BCUT2D eigenvalue weighted by atomic mass is 9.98. The number of nitrogens with zero attached hydrogens (tertiary/aromatic N) is 1. The standard InChI is InChI=1S/C19H22N2O4S/c1-24-16-9-13-4-7-21(11-15(13)10-17(16)25-2)18(22)3-6-20-19(23)14-5-8-26-12-14/h5,8-10,12H,3-4,6-7,11H2,1-2H3,(H,20,23). The second-order valence-corrected chi connectivity index (χ2v) is 6.84. The smallest absolute Gasteiger partial charge is 0.252 e. The molecule has 2 heterocycles. The van der Waals surface area contributed by atoms with Gasteiger partial charge in [-0.1, -0.05) is 0 Å². The summed E-state index contributed by atoms with van der Waals surface area (Å²) in [6.07, 6.45) is 1.07. The van der Waals surface area contributed by atoms with Crippen molar-refractivity contribution in [3.8, 4) is 11.5 Å². The zero-order valence-electron chi connectivity index (χ0n) is 14.9. The van der Waals surface area contributed by atoms with Gasteiger partial charge in [0, 0.05) is 37.0 Å². The minimum Gasteiger partial charge on any atom is -0.493 e. The number of ether oxygens (including phenoxy) is 2. The third-order valence-corrected chi connectivity index (χ3v) is 5.16. The molecule has 0 atom stereocenters. The Bertz CT molecular complexity index is 789. The molecule has 0 saturated carbocycles. The highest BCUT2D eigenvalue weighted by Gasteiger charge is 2.22. The summed E-state index contributed by atoms with van der Waals surface area (Å²) in [4.78, 5) is 26.2. The van der Waals surface area contributed by atoms with Gasteiger partial charge >= 0.3 is 0 Å². The number of benzene rings is 1. The Morgan fingerprint density at radius 3 is 2.58 bits per heavy atom. The SMILES string of the molecule is COc1cc2c(cc1OC)CN(C(=O)CCNC(=O)c1ccsc1)CC2. The summed E-state index contributed by atoms with van der Waals surface area (Å²) in [5, 5.41) is 6.44. The summed E-state index contributed by atoms with van der Waals surface area (Å²) in [5.74, 6) is 1.28. The predicted molar refractivity (Wildman–Crippen MR) is 99.9 cm³/mol. The van der Waals surface area contributed by atoms with Gasteiger partial charge in [0.05, 0.1) is 14.2 Å². The van der Waals surface area contributed by atoms with E-state index in [9.17, 15) is 9.59 Å². The second-order valence-electron chi connectivity index (χ2n) is 6.06. The van der Waals surface area contributed by atoms with Crippen LogP contribution in [-0.4, -0.2) is 44.0 Å². The minimum atomic E-state index is -0.139. The van der Waals surface area contributed by atoms with Crippen molar-refractivity contribution in [2.45, 2.75) is 19.4 Å². The average molecular weight is 374 g/mol. The van der Waals surface area contributed by atoms with Crippen LogP contribution in [0, 0.1) is 0 Å². The van der Waals surface area contributed by atoms with E-state index in [-0.39, 0.29) is 11.8 Å². The minimum absolute atomic E-state index is 0.0380. The van der Waals surface area contributed by atoms with Crippen molar-refractivity contribution in [1.29, 1.82) is 0 Å². The third-order valence-electron chi connectivity index (χ3n) is 4.48. The van der Waals surface area contributed by atoms with Gasteiger partial charge in [0.1, 0.15) is 0 Å². The van der Waals surface area contributed by atoms with Crippen LogP contribution in [0.25, 0.3) is 0 Å². The first-order valence-electron chi connectivity index (χ1n) is 8.44. The molecule has 138 valence electrons. The molecule has 0 radical (unpaired) electrons. The maximum Gasteiger partial charge on any atom is 0.252 e. The van der Waals surface area contributed by atoms with Gasteiger partial charge in [-0.25, -0.2) is 0 Å². The summed E-state index contributed by atoms with van der Waals surface area (Å²) in [6.45, 7) is 1.55. The zero-order valence-corrected chi connectivity index (χ0v) is 15.7. The molecule has 3 rings (SSSR count). The lowest BCUT2D eigenvalue weighted by Gasteiger charge is -2.29. The number of nitrogens with one attached hydrogen (secondary N) is 1. The van der Waals surface area contributed by atoms with Gasteiger partial charge in [0.15, 0.2) is 11.5 Å². The Hall–Kier alpha value is -2.54. The summed E-state index contributed by atoms with van der Waals surface area (Å²) < 4.78 is 10.7. The molecule has 2 amide bonds. The van der Waals surface area contributed by atoms with Crippen molar-refractivity contribution in [1.82, 2.24) is 10.2 Å². The van der Waals surface area contributed by atoms with E-state index in [4.69, 9.17) is 9.47 Å². The molecular weight excluding hydrogens is 352 g/mol. The van der Waals surface area contributed by atoms with Crippen LogP contribution in [0.5, 0.6) is 11.5 Å². The van der Waals surface area contributed by atoms with Crippen molar-refractivity contribution in [3.05, 3.63) is 45.6 Å². The molecule has 1 aromatic heterocycles. The molecule has 6 nitrogen and oxygen atoms in total. The molecule has 26 heavy (non-hydrogen) atoms. The van der Waals surface area contributed by atoms with Crippen molar-refractivity contribution in [2.75, 3.05) is 27.3 Å². The van der Waals surface area contributed by atoms with Gasteiger partial charge in [0.2, 0.25) is 5.91 Å². The topological polar surface area (TPSA) is 67.9 Å². The number of amides is 2. The Morgan fingerprint density at radius 1 is 1.19 bits per heavy atom. The number of fused-ring (bicyclic) bond motifs is 1. The fraction of sp³-hybridized carbons (Fsp3) is 0.368. The summed E-state index contributed by atoms with van der Waals surface area (Å²) in [6, 6.07) is 5.69. The highest BCUT2D eigenvalue weighted by Crippen LogP contribution is 2.33. The molecule has 1 aliphatic rings. The summed E-state index contributed by atoms with van der Waals surface area (Å²) in [7, 11) is 3.22. The maximum atomic E-state index is 12.5. The molecule has 1 N–H and O–H groups in total. The lowest BCUT2D eigenvalue weighted by Crippen LogP contribution is -2.38. The first kappa shape index (κ1) is 18.3. The number of carbonyl (C=O) groups is 2. The Kier molecular flexibility index (Phi) is 5.78. The van der Waals surface area contributed by atoms with Crippen molar-refractivity contribution in [2.24, 2.45) is 0 Å². The number of methoxy groups -OCH3 is 2. The van der Waals surface area contributed by atoms with Crippen LogP contribution in [0.15, 0.2) is 29.0 Å². The van der Waals surface area contributed by atoms with Crippen molar-refractivity contribution >= 4 is 23.2 Å². The fourth-order valence-corrected chi connectivity index (χ4v) is 3.67. The van der Waals surface area contributed by atoms with E-state index in [2.05, 4.69) is 5.32 Å². The van der Waals surface area contributed by atoms with Crippen LogP contribution in [0.2, 0.25) is 0 Å². The molecule has 0 bridgehead atoms. The van der Waals surface area contributed by atoms with Gasteiger partial charge in [-0.3, -0.25) is 9.59 Å². The van der Waals surface area contributed by atoms with E-state index in [1.165, 1.54) is 16.9 Å². The van der Waals surface area contributed by atoms with Crippen LogP contribution < -0.4 is 14.8 Å². The number of hydrogen-bond donors (Lipinski definition) is 1. The van der Waals surface area contributed by atoms with Crippen LogP contribution in [0.1, 0.15) is 27.9 Å².